The van der Waals surface area contributed by atoms with E-state index in [1.54, 1.807) is 18.3 Å². The summed E-state index contributed by atoms with van der Waals surface area (Å²) in [6.07, 6.45) is 1.61. The Labute approximate surface area is 82.1 Å². The van der Waals surface area contributed by atoms with Gasteiger partial charge in [-0.2, -0.15) is 5.26 Å². The molecule has 4 heteroatoms. The third-order valence-electron chi connectivity index (χ3n) is 2.24. The first kappa shape index (κ1) is 9.13. The predicted octanol–water partition coefficient (Wildman–Crippen LogP) is 1.17. The lowest BCUT2D eigenvalue weighted by Gasteiger charge is -2.21. The van der Waals surface area contributed by atoms with Crippen LogP contribution < -0.4 is 0 Å². The molecule has 4 nitrogen and oxygen atoms in total. The van der Waals surface area contributed by atoms with Gasteiger partial charge in [0.2, 0.25) is 0 Å². The van der Waals surface area contributed by atoms with Gasteiger partial charge in [-0.3, -0.25) is 0 Å². The number of nitriles is 1. The number of nitrogens with zero attached hydrogens (tertiary/aromatic N) is 2. The van der Waals surface area contributed by atoms with Crippen molar-refractivity contribution in [2.24, 2.45) is 0 Å². The Kier molecular flexibility index (Phi) is 2.20. The molecule has 0 amide bonds. The van der Waals surface area contributed by atoms with Gasteiger partial charge < -0.3 is 9.47 Å². The summed E-state index contributed by atoms with van der Waals surface area (Å²) in [6.45, 7) is 3.04. The fourth-order valence-corrected chi connectivity index (χ4v) is 1.41. The fraction of sp³-hybridized carbons (Fsp3) is 0.400. The van der Waals surface area contributed by atoms with Crippen molar-refractivity contribution in [3.8, 4) is 6.07 Å². The number of pyridine rings is 1. The van der Waals surface area contributed by atoms with E-state index in [4.69, 9.17) is 14.7 Å². The van der Waals surface area contributed by atoms with Crippen LogP contribution >= 0.6 is 0 Å². The molecule has 0 aliphatic carbocycles. The average Bonchev–Trinajstić information content (AvgIpc) is 2.67. The van der Waals surface area contributed by atoms with Crippen LogP contribution in [0, 0.1) is 11.3 Å². The van der Waals surface area contributed by atoms with Crippen LogP contribution in [0.5, 0.6) is 0 Å². The Bertz CT molecular complexity index is 361. The zero-order valence-corrected chi connectivity index (χ0v) is 7.86. The molecule has 0 aromatic carbocycles. The Morgan fingerprint density at radius 3 is 2.64 bits per heavy atom. The topological polar surface area (TPSA) is 55.1 Å². The molecular formula is C10H10N2O2. The van der Waals surface area contributed by atoms with Crippen LogP contribution in [0.15, 0.2) is 18.3 Å². The van der Waals surface area contributed by atoms with Gasteiger partial charge in [0.05, 0.1) is 13.2 Å². The van der Waals surface area contributed by atoms with Crippen LogP contribution in [0.3, 0.4) is 0 Å². The molecule has 1 aromatic heterocycles. The van der Waals surface area contributed by atoms with Crippen LogP contribution in [0.1, 0.15) is 18.2 Å². The zero-order valence-electron chi connectivity index (χ0n) is 7.86. The summed E-state index contributed by atoms with van der Waals surface area (Å²) in [5.41, 5.74) is 1.24. The molecule has 2 heterocycles. The normalized spacial score (nSPS) is 19.1. The van der Waals surface area contributed by atoms with Gasteiger partial charge in [0.15, 0.2) is 5.79 Å². The molecule has 0 N–H and O–H groups in total. The van der Waals surface area contributed by atoms with E-state index in [1.165, 1.54) is 0 Å². The molecule has 72 valence electrons. The van der Waals surface area contributed by atoms with Crippen LogP contribution in [-0.4, -0.2) is 18.2 Å². The van der Waals surface area contributed by atoms with Gasteiger partial charge in [-0.25, -0.2) is 4.98 Å². The molecule has 1 aliphatic rings. The van der Waals surface area contributed by atoms with E-state index in [2.05, 4.69) is 4.98 Å². The lowest BCUT2D eigenvalue weighted by atomic mass is 10.1. The van der Waals surface area contributed by atoms with Crippen LogP contribution in [0.2, 0.25) is 0 Å². The molecule has 0 saturated carbocycles. The second-order valence-electron chi connectivity index (χ2n) is 3.19. The minimum atomic E-state index is -0.693. The number of rotatable bonds is 1. The maximum absolute atomic E-state index is 8.58. The largest absolute Gasteiger partial charge is 0.344 e. The van der Waals surface area contributed by atoms with Crippen LogP contribution in [0.4, 0.5) is 0 Å². The number of hydrogen-bond acceptors (Lipinski definition) is 4. The van der Waals surface area contributed by atoms with Crippen molar-refractivity contribution < 1.29 is 9.47 Å². The van der Waals surface area contributed by atoms with Crippen molar-refractivity contribution in [2.45, 2.75) is 12.7 Å². The molecule has 1 saturated heterocycles. The highest BCUT2D eigenvalue weighted by Crippen LogP contribution is 2.29. The summed E-state index contributed by atoms with van der Waals surface area (Å²) < 4.78 is 10.9. The standard InChI is InChI=1S/C10H10N2O2/c1-10(13-4-5-14-10)8-2-3-9(6-11)12-7-8/h2-3,7H,4-5H2,1H3. The van der Waals surface area contributed by atoms with E-state index in [9.17, 15) is 0 Å². The molecule has 1 aromatic rings. The van der Waals surface area contributed by atoms with E-state index in [0.717, 1.165) is 5.56 Å². The first-order valence-electron chi connectivity index (χ1n) is 4.39. The van der Waals surface area contributed by atoms with Crippen molar-refractivity contribution in [3.63, 3.8) is 0 Å². The zero-order chi connectivity index (χ0) is 10.0. The maximum Gasteiger partial charge on any atom is 0.193 e. The first-order chi connectivity index (χ1) is 6.74. The highest BCUT2D eigenvalue weighted by atomic mass is 16.7. The molecule has 2 rings (SSSR count). The SMILES string of the molecule is CC1(c2ccc(C#N)nc2)OCCO1. The highest BCUT2D eigenvalue weighted by molar-refractivity contribution is 5.25. The summed E-state index contributed by atoms with van der Waals surface area (Å²) in [7, 11) is 0. The van der Waals surface area contributed by atoms with Gasteiger partial charge in [0.25, 0.3) is 0 Å². The number of aromatic nitrogens is 1. The van der Waals surface area contributed by atoms with Gasteiger partial charge in [-0.05, 0) is 19.1 Å². The maximum atomic E-state index is 8.58. The van der Waals surface area contributed by atoms with Gasteiger partial charge in [0.1, 0.15) is 11.8 Å². The van der Waals surface area contributed by atoms with E-state index in [-0.39, 0.29) is 0 Å². The smallest absolute Gasteiger partial charge is 0.193 e. The highest BCUT2D eigenvalue weighted by Gasteiger charge is 2.33. The van der Waals surface area contributed by atoms with Crippen molar-refractivity contribution in [1.29, 1.82) is 5.26 Å². The summed E-state index contributed by atoms with van der Waals surface area (Å²) in [5, 5.41) is 8.58. The van der Waals surface area contributed by atoms with Gasteiger partial charge in [0, 0.05) is 11.8 Å². The van der Waals surface area contributed by atoms with Crippen LogP contribution in [0.25, 0.3) is 0 Å². The Morgan fingerprint density at radius 1 is 1.43 bits per heavy atom. The molecule has 14 heavy (non-hydrogen) atoms. The molecule has 0 spiro atoms. The van der Waals surface area contributed by atoms with Crippen molar-refractivity contribution in [1.82, 2.24) is 4.98 Å². The lowest BCUT2D eigenvalue weighted by Crippen LogP contribution is -2.22. The van der Waals surface area contributed by atoms with E-state index in [0.29, 0.717) is 18.9 Å². The van der Waals surface area contributed by atoms with Crippen LogP contribution in [-0.2, 0) is 15.3 Å². The quantitative estimate of drug-likeness (QED) is 0.667. The minimum absolute atomic E-state index is 0.398. The van der Waals surface area contributed by atoms with Gasteiger partial charge in [-0.15, -0.1) is 0 Å². The van der Waals surface area contributed by atoms with Crippen molar-refractivity contribution in [3.05, 3.63) is 29.6 Å². The Morgan fingerprint density at radius 2 is 2.14 bits per heavy atom. The summed E-state index contributed by atoms with van der Waals surface area (Å²) >= 11 is 0. The summed E-state index contributed by atoms with van der Waals surface area (Å²) in [5.74, 6) is -0.693. The van der Waals surface area contributed by atoms with E-state index >= 15 is 0 Å². The summed E-state index contributed by atoms with van der Waals surface area (Å²) in [6, 6.07) is 5.43. The molecule has 0 bridgehead atoms. The van der Waals surface area contributed by atoms with Gasteiger partial charge >= 0.3 is 0 Å². The first-order valence-corrected chi connectivity index (χ1v) is 4.39. The molecule has 1 fully saturated rings. The van der Waals surface area contributed by atoms with Crippen molar-refractivity contribution in [2.75, 3.05) is 13.2 Å². The minimum Gasteiger partial charge on any atom is -0.344 e. The molecule has 0 unspecified atom stereocenters. The third-order valence-corrected chi connectivity index (χ3v) is 2.24. The molecule has 0 atom stereocenters. The van der Waals surface area contributed by atoms with E-state index < -0.39 is 5.79 Å². The summed E-state index contributed by atoms with van der Waals surface area (Å²) in [4.78, 5) is 3.97. The molecular weight excluding hydrogens is 180 g/mol. The second-order valence-corrected chi connectivity index (χ2v) is 3.19. The lowest BCUT2D eigenvalue weighted by molar-refractivity contribution is -0.149. The third kappa shape index (κ3) is 1.48. The van der Waals surface area contributed by atoms with Gasteiger partial charge in [-0.1, -0.05) is 0 Å². The fourth-order valence-electron chi connectivity index (χ4n) is 1.41. The number of hydrogen-bond donors (Lipinski definition) is 0. The van der Waals surface area contributed by atoms with E-state index in [1.807, 2.05) is 13.0 Å². The average molecular weight is 190 g/mol. The Hall–Kier alpha value is -1.44. The monoisotopic (exact) mass is 190 g/mol. The molecule has 0 radical (unpaired) electrons. The predicted molar refractivity (Wildman–Crippen MR) is 48.2 cm³/mol. The Balaban J connectivity index is 2.29. The molecule has 1 aliphatic heterocycles. The number of ether oxygens (including phenoxy) is 2. The van der Waals surface area contributed by atoms with Crippen molar-refractivity contribution >= 4 is 0 Å². The second kappa shape index (κ2) is 3.37.